The Morgan fingerprint density at radius 1 is 1.14 bits per heavy atom. The molecule has 42 heavy (non-hydrogen) atoms. The first-order chi connectivity index (χ1) is 20.5. The molecule has 9 nitrogen and oxygen atoms in total. The lowest BCUT2D eigenvalue weighted by atomic mass is 9.63. The monoisotopic (exact) mass is 594 g/mol. The van der Waals surface area contributed by atoms with E-state index >= 15 is 0 Å². The van der Waals surface area contributed by atoms with Crippen LogP contribution in [0.15, 0.2) is 48.8 Å². The van der Waals surface area contributed by atoms with Crippen molar-refractivity contribution in [3.63, 3.8) is 0 Å². The molecular weight excluding hydrogens is 559 g/mol. The van der Waals surface area contributed by atoms with E-state index in [9.17, 15) is 9.18 Å². The van der Waals surface area contributed by atoms with Gasteiger partial charge in [0.15, 0.2) is 0 Å². The van der Waals surface area contributed by atoms with Crippen LogP contribution in [0.2, 0.25) is 5.02 Å². The van der Waals surface area contributed by atoms with Gasteiger partial charge in [-0.3, -0.25) is 14.6 Å². The van der Waals surface area contributed by atoms with E-state index < -0.39 is 5.82 Å². The van der Waals surface area contributed by atoms with Crippen molar-refractivity contribution < 1.29 is 18.7 Å². The number of rotatable bonds is 11. The second kappa shape index (κ2) is 12.9. The largest absolute Gasteiger partial charge is 0.491 e. The number of carbonyl (C=O) groups is 1. The van der Waals surface area contributed by atoms with E-state index in [1.165, 1.54) is 37.7 Å². The van der Waals surface area contributed by atoms with E-state index in [0.717, 1.165) is 58.9 Å². The molecule has 0 bridgehead atoms. The summed E-state index contributed by atoms with van der Waals surface area (Å²) in [5.74, 6) is 0.300. The van der Waals surface area contributed by atoms with Crippen molar-refractivity contribution in [2.75, 3.05) is 69.7 Å². The molecular formula is C31H36ClFN6O3. The van der Waals surface area contributed by atoms with Crippen LogP contribution < -0.4 is 15.4 Å². The first kappa shape index (κ1) is 28.8. The van der Waals surface area contributed by atoms with Crippen molar-refractivity contribution in [2.24, 2.45) is 5.41 Å². The second-order valence-corrected chi connectivity index (χ2v) is 11.8. The van der Waals surface area contributed by atoms with Crippen LogP contribution in [0.4, 0.5) is 21.6 Å². The molecule has 1 aromatic heterocycles. The third-order valence-electron chi connectivity index (χ3n) is 8.32. The van der Waals surface area contributed by atoms with E-state index in [0.29, 0.717) is 45.9 Å². The van der Waals surface area contributed by atoms with Gasteiger partial charge in [0.2, 0.25) is 5.91 Å². The van der Waals surface area contributed by atoms with Crippen LogP contribution in [0.3, 0.4) is 0 Å². The average molecular weight is 595 g/mol. The Balaban J connectivity index is 1.17. The summed E-state index contributed by atoms with van der Waals surface area (Å²) in [5.41, 5.74) is 2.30. The van der Waals surface area contributed by atoms with Gasteiger partial charge in [-0.05, 0) is 48.9 Å². The fourth-order valence-corrected chi connectivity index (χ4v) is 6.09. The minimum Gasteiger partial charge on any atom is -0.491 e. The Morgan fingerprint density at radius 2 is 1.98 bits per heavy atom. The van der Waals surface area contributed by atoms with Gasteiger partial charge in [0.1, 0.15) is 23.7 Å². The standard InChI is InChI=1S/C31H36ClFN6O3/c32-24-16-22(5-6-25(24)33)36-30-23-17-27(37-29(40)4-1-9-39-19-31(20-39)7-2-8-31)28(18-26(23)34-21-35-30)42-13-3-10-38-11-14-41-15-12-38/h1,4-6,16-18,21H,2-3,7-15,19-20H2,(H,37,40)(H,34,35,36). The summed E-state index contributed by atoms with van der Waals surface area (Å²) in [6, 6.07) is 7.99. The van der Waals surface area contributed by atoms with Gasteiger partial charge >= 0.3 is 0 Å². The Kier molecular flexibility index (Phi) is 8.85. The average Bonchev–Trinajstić information content (AvgIpc) is 2.94. The summed E-state index contributed by atoms with van der Waals surface area (Å²) in [6.07, 6.45) is 9.79. The Labute approximate surface area is 250 Å². The van der Waals surface area contributed by atoms with E-state index in [2.05, 4.69) is 30.4 Å². The highest BCUT2D eigenvalue weighted by molar-refractivity contribution is 6.31. The maximum Gasteiger partial charge on any atom is 0.248 e. The summed E-state index contributed by atoms with van der Waals surface area (Å²) in [7, 11) is 0. The number of anilines is 3. The summed E-state index contributed by atoms with van der Waals surface area (Å²) >= 11 is 5.98. The molecule has 3 heterocycles. The number of nitrogens with one attached hydrogen (secondary N) is 2. The number of benzene rings is 2. The molecule has 1 aliphatic carbocycles. The zero-order valence-corrected chi connectivity index (χ0v) is 24.3. The minimum absolute atomic E-state index is 0.00644. The van der Waals surface area contributed by atoms with Crippen LogP contribution >= 0.6 is 11.6 Å². The maximum atomic E-state index is 13.7. The van der Waals surface area contributed by atoms with E-state index in [1.54, 1.807) is 12.1 Å². The van der Waals surface area contributed by atoms with Crippen molar-refractivity contribution in [3.8, 4) is 5.75 Å². The number of hydrogen-bond acceptors (Lipinski definition) is 8. The van der Waals surface area contributed by atoms with Gasteiger partial charge in [-0.25, -0.2) is 14.4 Å². The summed E-state index contributed by atoms with van der Waals surface area (Å²) in [4.78, 5) is 26.5. The molecule has 0 atom stereocenters. The second-order valence-electron chi connectivity index (χ2n) is 11.4. The predicted octanol–water partition coefficient (Wildman–Crippen LogP) is 5.25. The molecule has 11 heteroatoms. The van der Waals surface area contributed by atoms with Gasteiger partial charge in [0.05, 0.1) is 36.0 Å². The first-order valence-corrected chi connectivity index (χ1v) is 15.0. The molecule has 0 unspecified atom stereocenters. The molecule has 3 fully saturated rings. The molecule has 1 saturated carbocycles. The van der Waals surface area contributed by atoms with E-state index in [-0.39, 0.29) is 10.9 Å². The molecule has 0 radical (unpaired) electrons. The van der Waals surface area contributed by atoms with Crippen LogP contribution in [-0.4, -0.2) is 84.8 Å². The SMILES string of the molecule is O=C(C=CCN1CC2(CCC2)C1)Nc1cc2c(Nc3ccc(F)c(Cl)c3)ncnc2cc1OCCCN1CCOCC1. The highest BCUT2D eigenvalue weighted by Gasteiger charge is 2.46. The smallest absolute Gasteiger partial charge is 0.248 e. The fraction of sp³-hybridized carbons (Fsp3) is 0.452. The summed E-state index contributed by atoms with van der Waals surface area (Å²) in [6.45, 7) is 7.78. The zero-order chi connectivity index (χ0) is 28.9. The quantitative estimate of drug-likeness (QED) is 0.230. The number of hydrogen-bond donors (Lipinski definition) is 2. The molecule has 222 valence electrons. The van der Waals surface area contributed by atoms with Gasteiger partial charge in [0.25, 0.3) is 0 Å². The van der Waals surface area contributed by atoms with Crippen molar-refractivity contribution in [3.05, 3.63) is 59.7 Å². The number of nitrogens with zero attached hydrogens (tertiary/aromatic N) is 4. The first-order valence-electron chi connectivity index (χ1n) is 14.6. The third-order valence-corrected chi connectivity index (χ3v) is 8.61. The van der Waals surface area contributed by atoms with E-state index in [4.69, 9.17) is 21.1 Å². The van der Waals surface area contributed by atoms with Gasteiger partial charge in [-0.2, -0.15) is 0 Å². The number of aromatic nitrogens is 2. The topological polar surface area (TPSA) is 91.9 Å². The highest BCUT2D eigenvalue weighted by atomic mass is 35.5. The number of fused-ring (bicyclic) bond motifs is 1. The molecule has 3 aliphatic rings. The molecule has 3 aromatic rings. The van der Waals surface area contributed by atoms with Crippen LogP contribution in [-0.2, 0) is 9.53 Å². The van der Waals surface area contributed by atoms with Gasteiger partial charge in [-0.15, -0.1) is 0 Å². The van der Waals surface area contributed by atoms with Gasteiger partial charge in [0, 0.05) is 62.5 Å². The maximum absolute atomic E-state index is 13.7. The van der Waals surface area contributed by atoms with E-state index in [1.807, 2.05) is 18.2 Å². The van der Waals surface area contributed by atoms with Crippen LogP contribution in [0.1, 0.15) is 25.7 Å². The van der Waals surface area contributed by atoms with Crippen molar-refractivity contribution in [1.82, 2.24) is 19.8 Å². The Morgan fingerprint density at radius 3 is 2.74 bits per heavy atom. The lowest BCUT2D eigenvalue weighted by Gasteiger charge is -2.56. The number of morpholine rings is 1. The Bertz CT molecular complexity index is 1450. The molecule has 1 spiro atoms. The van der Waals surface area contributed by atoms with Crippen molar-refractivity contribution in [2.45, 2.75) is 25.7 Å². The molecule has 2 saturated heterocycles. The molecule has 2 aliphatic heterocycles. The number of ether oxygens (including phenoxy) is 2. The summed E-state index contributed by atoms with van der Waals surface area (Å²) < 4.78 is 25.3. The van der Waals surface area contributed by atoms with Gasteiger partial charge in [-0.1, -0.05) is 24.1 Å². The molecule has 2 aromatic carbocycles. The van der Waals surface area contributed by atoms with Crippen LogP contribution in [0, 0.1) is 11.2 Å². The fourth-order valence-electron chi connectivity index (χ4n) is 5.91. The predicted molar refractivity (Wildman–Crippen MR) is 162 cm³/mol. The molecule has 1 amide bonds. The zero-order valence-electron chi connectivity index (χ0n) is 23.6. The molecule has 6 rings (SSSR count). The van der Waals surface area contributed by atoms with Crippen LogP contribution in [0.5, 0.6) is 5.75 Å². The highest BCUT2D eigenvalue weighted by Crippen LogP contribution is 2.47. The number of halogens is 2. The lowest BCUT2D eigenvalue weighted by Crippen LogP contribution is -2.59. The van der Waals surface area contributed by atoms with Gasteiger partial charge < -0.3 is 20.1 Å². The number of amides is 1. The van der Waals surface area contributed by atoms with Crippen molar-refractivity contribution >= 4 is 45.6 Å². The number of carbonyl (C=O) groups excluding carboxylic acids is 1. The molecule has 2 N–H and O–H groups in total. The Hall–Kier alpha value is -3.31. The normalized spacial score (nSPS) is 18.6. The minimum atomic E-state index is -0.500. The number of likely N-dealkylation sites (tertiary alicyclic amines) is 1. The van der Waals surface area contributed by atoms with Crippen molar-refractivity contribution in [1.29, 1.82) is 0 Å². The summed E-state index contributed by atoms with van der Waals surface area (Å²) in [5, 5.41) is 6.86. The van der Waals surface area contributed by atoms with Crippen LogP contribution in [0.25, 0.3) is 10.9 Å². The third kappa shape index (κ3) is 6.83. The lowest BCUT2D eigenvalue weighted by molar-refractivity contribution is -0.112.